The van der Waals surface area contributed by atoms with Crippen molar-refractivity contribution in [1.82, 2.24) is 20.9 Å². The van der Waals surface area contributed by atoms with Crippen LogP contribution in [0.5, 0.6) is 0 Å². The van der Waals surface area contributed by atoms with Gasteiger partial charge in [0.2, 0.25) is 29.5 Å². The first-order chi connectivity index (χ1) is 19.3. The van der Waals surface area contributed by atoms with Crippen LogP contribution in [0.1, 0.15) is 37.7 Å². The van der Waals surface area contributed by atoms with Crippen molar-refractivity contribution in [3.05, 3.63) is 36.0 Å². The Labute approximate surface area is 233 Å². The normalized spacial score (nSPS) is 13.8. The highest BCUT2D eigenvalue weighted by Crippen LogP contribution is 2.19. The molecule has 0 spiro atoms. The van der Waals surface area contributed by atoms with Gasteiger partial charge in [0, 0.05) is 36.4 Å². The lowest BCUT2D eigenvalue weighted by atomic mass is 10.0. The number of primary amides is 2. The number of carbonyl (C=O) groups is 7. The molecule has 2 rings (SSSR count). The zero-order valence-corrected chi connectivity index (χ0v) is 21.9. The molecule has 0 fully saturated rings. The zero-order valence-electron chi connectivity index (χ0n) is 21.9. The van der Waals surface area contributed by atoms with Gasteiger partial charge in [-0.05, 0) is 24.5 Å². The summed E-state index contributed by atoms with van der Waals surface area (Å²) >= 11 is 0. The molecule has 1 heterocycles. The topological polar surface area (TPSA) is 290 Å². The maximum Gasteiger partial charge on any atom is 0.326 e. The number of para-hydroxylation sites is 1. The highest BCUT2D eigenvalue weighted by Gasteiger charge is 2.31. The van der Waals surface area contributed by atoms with Crippen LogP contribution in [-0.4, -0.2) is 80.8 Å². The molecule has 4 atom stereocenters. The van der Waals surface area contributed by atoms with Gasteiger partial charge in [-0.2, -0.15) is 0 Å². The van der Waals surface area contributed by atoms with Gasteiger partial charge < -0.3 is 48.3 Å². The third-order valence-electron chi connectivity index (χ3n) is 6.07. The second kappa shape index (κ2) is 15.0. The van der Waals surface area contributed by atoms with Gasteiger partial charge in [0.15, 0.2) is 0 Å². The van der Waals surface area contributed by atoms with E-state index in [2.05, 4.69) is 20.9 Å². The standard InChI is InChI=1S/C25H33N7O9/c26-14(10-21(35)36)22(37)30-16(5-7-19(27)33)23(38)32-18(9-12-11-29-15-4-2-1-3-13(12)15)24(39)31-17(25(40)41)6-8-20(28)34/h1-4,11,14,16-18,29H,5-10,26H2,(H2,27,33)(H2,28,34)(H,30,37)(H,31,39)(H,32,38)(H,35,36)(H,40,41). The largest absolute Gasteiger partial charge is 0.481 e. The van der Waals surface area contributed by atoms with Gasteiger partial charge in [-0.1, -0.05) is 18.2 Å². The summed E-state index contributed by atoms with van der Waals surface area (Å²) in [7, 11) is 0. The van der Waals surface area contributed by atoms with Crippen LogP contribution in [0.4, 0.5) is 0 Å². The van der Waals surface area contributed by atoms with E-state index in [0.29, 0.717) is 5.56 Å². The van der Waals surface area contributed by atoms with Crippen LogP contribution in [0, 0.1) is 0 Å². The van der Waals surface area contributed by atoms with E-state index in [1.54, 1.807) is 30.5 Å². The number of hydrogen-bond acceptors (Lipinski definition) is 8. The highest BCUT2D eigenvalue weighted by molar-refractivity contribution is 5.95. The number of H-pyrrole nitrogens is 1. The second-order valence-electron chi connectivity index (χ2n) is 9.30. The molecule has 0 radical (unpaired) electrons. The second-order valence-corrected chi connectivity index (χ2v) is 9.30. The van der Waals surface area contributed by atoms with E-state index in [-0.39, 0.29) is 32.1 Å². The van der Waals surface area contributed by atoms with E-state index in [4.69, 9.17) is 22.3 Å². The fourth-order valence-electron chi connectivity index (χ4n) is 3.93. The van der Waals surface area contributed by atoms with E-state index in [1.165, 1.54) is 0 Å². The molecule has 0 aliphatic rings. The monoisotopic (exact) mass is 575 g/mol. The minimum Gasteiger partial charge on any atom is -0.481 e. The van der Waals surface area contributed by atoms with Crippen LogP contribution in [0.2, 0.25) is 0 Å². The van der Waals surface area contributed by atoms with E-state index < -0.39 is 72.1 Å². The maximum absolute atomic E-state index is 13.3. The van der Waals surface area contributed by atoms with E-state index in [9.17, 15) is 38.7 Å². The van der Waals surface area contributed by atoms with E-state index in [0.717, 1.165) is 10.9 Å². The zero-order chi connectivity index (χ0) is 30.7. The van der Waals surface area contributed by atoms with Crippen LogP contribution in [0.3, 0.4) is 0 Å². The van der Waals surface area contributed by atoms with Crippen LogP contribution in [-0.2, 0) is 40.0 Å². The first-order valence-electron chi connectivity index (χ1n) is 12.5. The van der Waals surface area contributed by atoms with Crippen LogP contribution >= 0.6 is 0 Å². The Bertz CT molecular complexity index is 1310. The van der Waals surface area contributed by atoms with Crippen molar-refractivity contribution in [2.24, 2.45) is 17.2 Å². The van der Waals surface area contributed by atoms with Gasteiger partial charge in [-0.3, -0.25) is 28.8 Å². The fraction of sp³-hybridized carbons (Fsp3) is 0.400. The number of hydrogen-bond donors (Lipinski definition) is 9. The van der Waals surface area contributed by atoms with Crippen molar-refractivity contribution in [2.45, 2.75) is 62.7 Å². The lowest BCUT2D eigenvalue weighted by Crippen LogP contribution is -2.57. The van der Waals surface area contributed by atoms with Gasteiger partial charge in [0.1, 0.15) is 18.1 Å². The number of fused-ring (bicyclic) bond motifs is 1. The first-order valence-corrected chi connectivity index (χ1v) is 12.5. The first kappa shape index (κ1) is 32.2. The van der Waals surface area contributed by atoms with Crippen molar-refractivity contribution in [3.8, 4) is 0 Å². The maximum atomic E-state index is 13.3. The van der Waals surface area contributed by atoms with Gasteiger partial charge in [-0.15, -0.1) is 0 Å². The summed E-state index contributed by atoms with van der Waals surface area (Å²) in [6, 6.07) is 1.24. The molecule has 2 aromatic rings. The Kier molecular flexibility index (Phi) is 11.8. The molecule has 41 heavy (non-hydrogen) atoms. The predicted molar refractivity (Wildman–Crippen MR) is 143 cm³/mol. The average Bonchev–Trinajstić information content (AvgIpc) is 3.30. The molecular formula is C25H33N7O9. The van der Waals surface area contributed by atoms with Crippen molar-refractivity contribution in [1.29, 1.82) is 0 Å². The number of aliphatic carboxylic acids is 2. The lowest BCUT2D eigenvalue weighted by molar-refractivity contribution is -0.142. The smallest absolute Gasteiger partial charge is 0.326 e. The summed E-state index contributed by atoms with van der Waals surface area (Å²) in [5.74, 6) is -7.20. The highest BCUT2D eigenvalue weighted by atomic mass is 16.4. The summed E-state index contributed by atoms with van der Waals surface area (Å²) in [5, 5.41) is 26.2. The van der Waals surface area contributed by atoms with Crippen molar-refractivity contribution >= 4 is 52.4 Å². The molecule has 16 heteroatoms. The Balaban J connectivity index is 2.34. The number of benzene rings is 1. The number of rotatable bonds is 17. The Morgan fingerprint density at radius 3 is 1.90 bits per heavy atom. The van der Waals surface area contributed by atoms with Gasteiger partial charge in [0.25, 0.3) is 0 Å². The number of aromatic nitrogens is 1. The van der Waals surface area contributed by atoms with E-state index in [1.807, 2.05) is 0 Å². The molecule has 0 aliphatic heterocycles. The van der Waals surface area contributed by atoms with Crippen molar-refractivity contribution < 1.29 is 43.8 Å². The summed E-state index contributed by atoms with van der Waals surface area (Å²) in [6.07, 6.45) is -0.527. The number of carbonyl (C=O) groups excluding carboxylic acids is 5. The van der Waals surface area contributed by atoms with Crippen LogP contribution in [0.15, 0.2) is 30.5 Å². The molecule has 222 valence electrons. The summed E-state index contributed by atoms with van der Waals surface area (Å²) in [6.45, 7) is 0. The molecule has 0 saturated carbocycles. The quantitative estimate of drug-likeness (QED) is 0.0961. The minimum atomic E-state index is -1.51. The number of carboxylic acid groups (broad SMARTS) is 2. The molecule has 0 aliphatic carbocycles. The van der Waals surface area contributed by atoms with Gasteiger partial charge in [-0.25, -0.2) is 4.79 Å². The number of nitrogens with two attached hydrogens (primary N) is 3. The van der Waals surface area contributed by atoms with Crippen molar-refractivity contribution in [3.63, 3.8) is 0 Å². The van der Waals surface area contributed by atoms with Gasteiger partial charge >= 0.3 is 11.9 Å². The molecule has 0 bridgehead atoms. The van der Waals surface area contributed by atoms with E-state index >= 15 is 0 Å². The lowest BCUT2D eigenvalue weighted by Gasteiger charge is -2.25. The molecular weight excluding hydrogens is 542 g/mol. The van der Waals surface area contributed by atoms with Crippen LogP contribution < -0.4 is 33.2 Å². The Hall–Kier alpha value is -4.99. The van der Waals surface area contributed by atoms with Crippen LogP contribution in [0.25, 0.3) is 10.9 Å². The van der Waals surface area contributed by atoms with Crippen molar-refractivity contribution in [2.75, 3.05) is 0 Å². The third kappa shape index (κ3) is 10.2. The Morgan fingerprint density at radius 2 is 1.32 bits per heavy atom. The number of nitrogens with one attached hydrogen (secondary N) is 4. The molecule has 1 aromatic heterocycles. The molecule has 5 amide bonds. The number of aromatic amines is 1. The number of carboxylic acids is 2. The molecule has 4 unspecified atom stereocenters. The fourth-order valence-corrected chi connectivity index (χ4v) is 3.93. The predicted octanol–water partition coefficient (Wildman–Crippen LogP) is -2.42. The number of amides is 5. The average molecular weight is 576 g/mol. The molecule has 16 nitrogen and oxygen atoms in total. The molecule has 12 N–H and O–H groups in total. The minimum absolute atomic E-state index is 0.126. The molecule has 1 aromatic carbocycles. The third-order valence-corrected chi connectivity index (χ3v) is 6.07. The summed E-state index contributed by atoms with van der Waals surface area (Å²) in [4.78, 5) is 87.2. The summed E-state index contributed by atoms with van der Waals surface area (Å²) in [5.41, 5.74) is 17.2. The molecule has 0 saturated heterocycles. The Morgan fingerprint density at radius 1 is 0.780 bits per heavy atom. The summed E-state index contributed by atoms with van der Waals surface area (Å²) < 4.78 is 0. The van der Waals surface area contributed by atoms with Gasteiger partial charge in [0.05, 0.1) is 12.5 Å². The SMILES string of the molecule is NC(=O)CCC(NC(=O)C(Cc1c[nH]c2ccccc12)NC(=O)C(CCC(N)=O)NC(=O)C(N)CC(=O)O)C(=O)O.